The number of carbonyl (C=O) groups is 3. The smallest absolute Gasteiger partial charge is 0.373 e. The molecule has 0 radical (unpaired) electrons. The molecule has 2 heterocycles. The molecule has 0 unspecified atom stereocenters. The van der Waals surface area contributed by atoms with E-state index in [-0.39, 0.29) is 23.8 Å². The van der Waals surface area contributed by atoms with Crippen molar-refractivity contribution in [3.8, 4) is 5.75 Å². The topological polar surface area (TPSA) is 98.1 Å². The van der Waals surface area contributed by atoms with E-state index in [1.54, 1.807) is 37.5 Å². The van der Waals surface area contributed by atoms with Gasteiger partial charge in [0.2, 0.25) is 5.76 Å². The lowest BCUT2D eigenvalue weighted by atomic mass is 10.2. The minimum atomic E-state index is -0.632. The Kier molecular flexibility index (Phi) is 4.74. The number of amides is 3. The number of urea groups is 1. The molecule has 1 N–H and O–H groups in total. The van der Waals surface area contributed by atoms with Gasteiger partial charge in [-0.3, -0.25) is 9.69 Å². The second-order valence-electron chi connectivity index (χ2n) is 5.41. The minimum Gasteiger partial charge on any atom is -0.497 e. The van der Waals surface area contributed by atoms with E-state index in [1.807, 2.05) is 0 Å². The molecule has 2 aromatic rings. The van der Waals surface area contributed by atoms with Gasteiger partial charge in [0.15, 0.2) is 0 Å². The van der Waals surface area contributed by atoms with Crippen LogP contribution in [0.15, 0.2) is 46.5 Å². The highest BCUT2D eigenvalue weighted by molar-refractivity contribution is 6.13. The molecule has 1 aromatic heterocycles. The van der Waals surface area contributed by atoms with E-state index in [9.17, 15) is 14.4 Å². The van der Waals surface area contributed by atoms with Gasteiger partial charge in [0.25, 0.3) is 5.91 Å². The summed E-state index contributed by atoms with van der Waals surface area (Å²) in [5, 5.41) is 2.53. The predicted octanol–water partition coefficient (Wildman–Crippen LogP) is 2.17. The van der Waals surface area contributed by atoms with Crippen molar-refractivity contribution >= 4 is 24.0 Å². The van der Waals surface area contributed by atoms with E-state index >= 15 is 0 Å². The Morgan fingerprint density at radius 1 is 1.23 bits per heavy atom. The number of carbonyl (C=O) groups excluding carboxylic acids is 3. The first-order valence-corrected chi connectivity index (χ1v) is 7.67. The van der Waals surface area contributed by atoms with Gasteiger partial charge in [-0.15, -0.1) is 0 Å². The summed E-state index contributed by atoms with van der Waals surface area (Å²) in [4.78, 5) is 37.0. The summed E-state index contributed by atoms with van der Waals surface area (Å²) in [5.74, 6) is -0.196. The van der Waals surface area contributed by atoms with Crippen LogP contribution in [0.25, 0.3) is 6.08 Å². The third-order valence-electron chi connectivity index (χ3n) is 3.73. The lowest BCUT2D eigenvalue weighted by Crippen LogP contribution is -2.30. The van der Waals surface area contributed by atoms with Crippen LogP contribution < -0.4 is 10.1 Å². The molecule has 1 aromatic carbocycles. The zero-order valence-corrected chi connectivity index (χ0v) is 14.1. The molecular formula is C18H16N2O6. The van der Waals surface area contributed by atoms with E-state index in [0.717, 1.165) is 4.90 Å². The maximum Gasteiger partial charge on any atom is 0.373 e. The maximum absolute atomic E-state index is 12.5. The summed E-state index contributed by atoms with van der Waals surface area (Å²) in [6.07, 6.45) is 1.56. The highest BCUT2D eigenvalue weighted by atomic mass is 16.5. The molecule has 1 aliphatic heterocycles. The normalized spacial score (nSPS) is 15.3. The molecule has 3 rings (SSSR count). The number of rotatable bonds is 5. The second kappa shape index (κ2) is 7.14. The number of hydrogen-bond donors (Lipinski definition) is 1. The van der Waals surface area contributed by atoms with Crippen LogP contribution in [0, 0.1) is 0 Å². The molecule has 26 heavy (non-hydrogen) atoms. The number of esters is 1. The molecule has 0 aliphatic carbocycles. The first-order chi connectivity index (χ1) is 12.5. The molecule has 1 aliphatic rings. The largest absolute Gasteiger partial charge is 0.497 e. The van der Waals surface area contributed by atoms with Gasteiger partial charge in [-0.05, 0) is 35.9 Å². The predicted molar refractivity (Wildman–Crippen MR) is 90.1 cm³/mol. The number of ether oxygens (including phenoxy) is 2. The Morgan fingerprint density at radius 3 is 2.77 bits per heavy atom. The number of hydrogen-bond acceptors (Lipinski definition) is 6. The molecule has 0 spiro atoms. The van der Waals surface area contributed by atoms with Crippen LogP contribution >= 0.6 is 0 Å². The SMILES string of the molecule is COC(=O)c1ccc(CN2C(=O)N/C(=C\c3cccc(OC)c3)C2=O)o1. The van der Waals surface area contributed by atoms with Crippen LogP contribution in [0.5, 0.6) is 5.75 Å². The molecular weight excluding hydrogens is 340 g/mol. The van der Waals surface area contributed by atoms with Gasteiger partial charge in [0.1, 0.15) is 17.2 Å². The number of methoxy groups -OCH3 is 2. The number of nitrogens with one attached hydrogen (secondary N) is 1. The van der Waals surface area contributed by atoms with Crippen molar-refractivity contribution in [1.82, 2.24) is 10.2 Å². The quantitative estimate of drug-likeness (QED) is 0.501. The average Bonchev–Trinajstić information content (AvgIpc) is 3.22. The zero-order valence-electron chi connectivity index (χ0n) is 14.1. The number of benzene rings is 1. The summed E-state index contributed by atoms with van der Waals surface area (Å²) in [6.45, 7) is -0.100. The average molecular weight is 356 g/mol. The Bertz CT molecular complexity index is 899. The van der Waals surface area contributed by atoms with Crippen molar-refractivity contribution in [2.75, 3.05) is 14.2 Å². The lowest BCUT2D eigenvalue weighted by molar-refractivity contribution is -0.123. The molecule has 0 atom stereocenters. The second-order valence-corrected chi connectivity index (χ2v) is 5.41. The summed E-state index contributed by atoms with van der Waals surface area (Å²) in [5.41, 5.74) is 0.851. The van der Waals surface area contributed by atoms with E-state index in [2.05, 4.69) is 10.1 Å². The van der Waals surface area contributed by atoms with Crippen molar-refractivity contribution in [3.05, 3.63) is 59.2 Å². The van der Waals surface area contributed by atoms with Crippen LogP contribution in [0.2, 0.25) is 0 Å². The van der Waals surface area contributed by atoms with E-state index in [0.29, 0.717) is 11.3 Å². The fourth-order valence-electron chi connectivity index (χ4n) is 2.44. The minimum absolute atomic E-state index is 0.00157. The monoisotopic (exact) mass is 356 g/mol. The Balaban J connectivity index is 1.77. The molecule has 0 bridgehead atoms. The molecule has 8 nitrogen and oxygen atoms in total. The maximum atomic E-state index is 12.5. The van der Waals surface area contributed by atoms with E-state index < -0.39 is 17.9 Å². The van der Waals surface area contributed by atoms with Crippen molar-refractivity contribution in [2.24, 2.45) is 0 Å². The van der Waals surface area contributed by atoms with Crippen molar-refractivity contribution < 1.29 is 28.3 Å². The summed E-state index contributed by atoms with van der Waals surface area (Å²) >= 11 is 0. The van der Waals surface area contributed by atoms with Gasteiger partial charge < -0.3 is 19.2 Å². The first-order valence-electron chi connectivity index (χ1n) is 7.67. The molecule has 1 fully saturated rings. The van der Waals surface area contributed by atoms with Crippen LogP contribution in [0.3, 0.4) is 0 Å². The molecule has 3 amide bonds. The highest BCUT2D eigenvalue weighted by Gasteiger charge is 2.34. The first kappa shape index (κ1) is 17.3. The van der Waals surface area contributed by atoms with Gasteiger partial charge in [-0.25, -0.2) is 9.59 Å². The van der Waals surface area contributed by atoms with Gasteiger partial charge in [-0.1, -0.05) is 12.1 Å². The molecule has 1 saturated heterocycles. The summed E-state index contributed by atoms with van der Waals surface area (Å²) in [7, 11) is 2.78. The van der Waals surface area contributed by atoms with Crippen LogP contribution in [0.1, 0.15) is 21.9 Å². The van der Waals surface area contributed by atoms with Crippen molar-refractivity contribution in [3.63, 3.8) is 0 Å². The number of imide groups is 1. The van der Waals surface area contributed by atoms with Crippen LogP contribution in [-0.2, 0) is 16.1 Å². The van der Waals surface area contributed by atoms with Gasteiger partial charge in [0.05, 0.1) is 20.8 Å². The fraction of sp³-hybridized carbons (Fsp3) is 0.167. The van der Waals surface area contributed by atoms with Gasteiger partial charge in [-0.2, -0.15) is 0 Å². The molecule has 8 heteroatoms. The summed E-state index contributed by atoms with van der Waals surface area (Å²) < 4.78 is 15.0. The Morgan fingerprint density at radius 2 is 2.04 bits per heavy atom. The standard InChI is InChI=1S/C18H16N2O6/c1-24-12-5-3-4-11(8-12)9-14-16(21)20(18(23)19-14)10-13-6-7-15(26-13)17(22)25-2/h3-9H,10H2,1-2H3,(H,19,23)/b14-9-. The van der Waals surface area contributed by atoms with Crippen molar-refractivity contribution in [2.45, 2.75) is 6.54 Å². The number of furan rings is 1. The Hall–Kier alpha value is -3.55. The van der Waals surface area contributed by atoms with Gasteiger partial charge >= 0.3 is 12.0 Å². The van der Waals surface area contributed by atoms with E-state index in [4.69, 9.17) is 9.15 Å². The van der Waals surface area contributed by atoms with Crippen molar-refractivity contribution in [1.29, 1.82) is 0 Å². The Labute approximate surface area is 149 Å². The zero-order chi connectivity index (χ0) is 18.7. The molecule has 0 saturated carbocycles. The number of nitrogens with zero attached hydrogens (tertiary/aromatic N) is 1. The lowest BCUT2D eigenvalue weighted by Gasteiger charge is -2.09. The molecule has 134 valence electrons. The fourth-order valence-corrected chi connectivity index (χ4v) is 2.44. The third-order valence-corrected chi connectivity index (χ3v) is 3.73. The van der Waals surface area contributed by atoms with Crippen LogP contribution in [0.4, 0.5) is 4.79 Å². The third kappa shape index (κ3) is 3.44. The highest BCUT2D eigenvalue weighted by Crippen LogP contribution is 2.20. The van der Waals surface area contributed by atoms with Crippen LogP contribution in [-0.4, -0.2) is 37.0 Å². The van der Waals surface area contributed by atoms with Gasteiger partial charge in [0, 0.05) is 0 Å². The van der Waals surface area contributed by atoms with E-state index in [1.165, 1.54) is 19.2 Å². The summed E-state index contributed by atoms with van der Waals surface area (Å²) in [6, 6.07) is 9.45.